The van der Waals surface area contributed by atoms with E-state index < -0.39 is 5.54 Å². The largest absolute Gasteiger partial charge is 0.495 e. The van der Waals surface area contributed by atoms with Gasteiger partial charge in [-0.2, -0.15) is 5.26 Å². The van der Waals surface area contributed by atoms with Crippen LogP contribution in [0.5, 0.6) is 5.75 Å². The second-order valence-corrected chi connectivity index (χ2v) is 6.68. The van der Waals surface area contributed by atoms with Crippen LogP contribution in [0.15, 0.2) is 24.3 Å². The second-order valence-electron chi connectivity index (χ2n) is 6.68. The van der Waals surface area contributed by atoms with Gasteiger partial charge in [-0.15, -0.1) is 0 Å². The number of rotatable bonds is 3. The quantitative estimate of drug-likeness (QED) is 0.896. The van der Waals surface area contributed by atoms with Gasteiger partial charge in [0.2, 0.25) is 0 Å². The van der Waals surface area contributed by atoms with Crippen LogP contribution in [-0.2, 0) is 0 Å². The molecule has 2 rings (SSSR count). The number of para-hydroxylation sites is 2. The van der Waals surface area contributed by atoms with Crippen LogP contribution in [0.2, 0.25) is 0 Å². The summed E-state index contributed by atoms with van der Waals surface area (Å²) in [6.45, 7) is 6.74. The molecule has 0 radical (unpaired) electrons. The van der Waals surface area contributed by atoms with Crippen molar-refractivity contribution in [2.75, 3.05) is 12.4 Å². The highest BCUT2D eigenvalue weighted by atomic mass is 16.5. The summed E-state index contributed by atoms with van der Waals surface area (Å²) in [6.07, 6.45) is 2.99. The summed E-state index contributed by atoms with van der Waals surface area (Å²) < 4.78 is 5.38. The van der Waals surface area contributed by atoms with Gasteiger partial charge < -0.3 is 10.1 Å². The summed E-state index contributed by atoms with van der Waals surface area (Å²) in [5, 5.41) is 13.2. The predicted octanol–water partition coefficient (Wildman–Crippen LogP) is 4.22. The lowest BCUT2D eigenvalue weighted by Crippen LogP contribution is -2.49. The van der Waals surface area contributed by atoms with E-state index in [2.05, 4.69) is 32.2 Å². The van der Waals surface area contributed by atoms with Crippen molar-refractivity contribution in [1.29, 1.82) is 5.26 Å². The first-order chi connectivity index (χ1) is 9.42. The molecule has 0 amide bonds. The number of benzene rings is 1. The molecule has 1 aromatic carbocycles. The molecule has 0 heterocycles. The van der Waals surface area contributed by atoms with Crippen molar-refractivity contribution < 1.29 is 4.74 Å². The van der Waals surface area contributed by atoms with Gasteiger partial charge in [-0.05, 0) is 42.7 Å². The maximum absolute atomic E-state index is 9.75. The minimum absolute atomic E-state index is 0.307. The Kier molecular flexibility index (Phi) is 3.94. The topological polar surface area (TPSA) is 45.0 Å². The molecule has 108 valence electrons. The molecule has 1 aliphatic carbocycles. The van der Waals surface area contributed by atoms with E-state index in [1.54, 1.807) is 7.11 Å². The summed E-state index contributed by atoms with van der Waals surface area (Å²) in [4.78, 5) is 0. The van der Waals surface area contributed by atoms with Crippen LogP contribution >= 0.6 is 0 Å². The van der Waals surface area contributed by atoms with Gasteiger partial charge in [0.25, 0.3) is 0 Å². The van der Waals surface area contributed by atoms with E-state index in [9.17, 15) is 5.26 Å². The molecule has 1 N–H and O–H groups in total. The Morgan fingerprint density at radius 2 is 2.00 bits per heavy atom. The third kappa shape index (κ3) is 2.75. The molecule has 3 heteroatoms. The fourth-order valence-corrected chi connectivity index (χ4v) is 3.26. The van der Waals surface area contributed by atoms with Crippen LogP contribution in [0.3, 0.4) is 0 Å². The van der Waals surface area contributed by atoms with Crippen molar-refractivity contribution in [2.24, 2.45) is 11.3 Å². The SMILES string of the molecule is COc1ccccc1NC1(C#N)CCC(C)(C)CC1C. The molecule has 0 aliphatic heterocycles. The van der Waals surface area contributed by atoms with Crippen molar-refractivity contribution in [1.82, 2.24) is 0 Å². The van der Waals surface area contributed by atoms with Crippen LogP contribution in [0, 0.1) is 22.7 Å². The molecular formula is C17H24N2O. The third-order valence-corrected chi connectivity index (χ3v) is 4.56. The molecule has 0 aromatic heterocycles. The highest BCUT2D eigenvalue weighted by molar-refractivity contribution is 5.59. The van der Waals surface area contributed by atoms with Gasteiger partial charge in [0.05, 0.1) is 18.9 Å². The molecule has 0 bridgehead atoms. The highest BCUT2D eigenvalue weighted by Gasteiger charge is 2.44. The fraction of sp³-hybridized carbons (Fsp3) is 0.588. The lowest BCUT2D eigenvalue weighted by molar-refractivity contribution is 0.146. The minimum atomic E-state index is -0.496. The zero-order valence-electron chi connectivity index (χ0n) is 12.9. The van der Waals surface area contributed by atoms with E-state index in [0.29, 0.717) is 11.3 Å². The zero-order valence-corrected chi connectivity index (χ0v) is 12.9. The molecule has 1 aliphatic rings. The Morgan fingerprint density at radius 3 is 2.60 bits per heavy atom. The van der Waals surface area contributed by atoms with E-state index in [1.165, 1.54) is 0 Å². The van der Waals surface area contributed by atoms with Gasteiger partial charge in [-0.1, -0.05) is 32.9 Å². The molecule has 2 unspecified atom stereocenters. The number of anilines is 1. The summed E-state index contributed by atoms with van der Waals surface area (Å²) in [6, 6.07) is 10.3. The Labute approximate surface area is 121 Å². The van der Waals surface area contributed by atoms with Crippen molar-refractivity contribution in [3.63, 3.8) is 0 Å². The van der Waals surface area contributed by atoms with Crippen LogP contribution in [0.4, 0.5) is 5.69 Å². The first-order valence-corrected chi connectivity index (χ1v) is 7.25. The number of hydrogen-bond acceptors (Lipinski definition) is 3. The molecule has 1 fully saturated rings. The number of ether oxygens (including phenoxy) is 1. The van der Waals surface area contributed by atoms with E-state index in [1.807, 2.05) is 24.3 Å². The van der Waals surface area contributed by atoms with E-state index >= 15 is 0 Å². The lowest BCUT2D eigenvalue weighted by Gasteiger charge is -2.45. The fourth-order valence-electron chi connectivity index (χ4n) is 3.26. The van der Waals surface area contributed by atoms with E-state index in [-0.39, 0.29) is 0 Å². The van der Waals surface area contributed by atoms with Crippen molar-refractivity contribution in [3.05, 3.63) is 24.3 Å². The average Bonchev–Trinajstić information content (AvgIpc) is 2.42. The predicted molar refractivity (Wildman–Crippen MR) is 81.8 cm³/mol. The monoisotopic (exact) mass is 272 g/mol. The first-order valence-electron chi connectivity index (χ1n) is 7.25. The Hall–Kier alpha value is -1.69. The summed E-state index contributed by atoms with van der Waals surface area (Å²) in [7, 11) is 1.66. The molecular weight excluding hydrogens is 248 g/mol. The Bertz CT molecular complexity index is 518. The number of nitriles is 1. The summed E-state index contributed by atoms with van der Waals surface area (Å²) in [5.74, 6) is 1.10. The molecule has 2 atom stereocenters. The molecule has 3 nitrogen and oxygen atoms in total. The van der Waals surface area contributed by atoms with Crippen LogP contribution in [0.1, 0.15) is 40.0 Å². The van der Waals surface area contributed by atoms with Crippen molar-refractivity contribution in [2.45, 2.75) is 45.6 Å². The Balaban J connectivity index is 2.27. The van der Waals surface area contributed by atoms with Gasteiger partial charge >= 0.3 is 0 Å². The number of hydrogen-bond donors (Lipinski definition) is 1. The zero-order chi connectivity index (χ0) is 14.8. The second kappa shape index (κ2) is 5.36. The first kappa shape index (κ1) is 14.7. The average molecular weight is 272 g/mol. The highest BCUT2D eigenvalue weighted by Crippen LogP contribution is 2.45. The third-order valence-electron chi connectivity index (χ3n) is 4.56. The maximum Gasteiger partial charge on any atom is 0.141 e. The van der Waals surface area contributed by atoms with Crippen LogP contribution in [0.25, 0.3) is 0 Å². The van der Waals surface area contributed by atoms with Gasteiger partial charge in [0.15, 0.2) is 0 Å². The molecule has 20 heavy (non-hydrogen) atoms. The lowest BCUT2D eigenvalue weighted by atomic mass is 9.64. The van der Waals surface area contributed by atoms with Crippen LogP contribution < -0.4 is 10.1 Å². The van der Waals surface area contributed by atoms with Gasteiger partial charge in [-0.25, -0.2) is 0 Å². The van der Waals surface area contributed by atoms with Gasteiger partial charge in [0, 0.05) is 0 Å². The van der Waals surface area contributed by atoms with E-state index in [0.717, 1.165) is 30.7 Å². The van der Waals surface area contributed by atoms with Gasteiger partial charge in [0.1, 0.15) is 11.3 Å². The standard InChI is InChI=1S/C17H24N2O/c1-13-11-16(2,3)9-10-17(13,12-18)19-14-7-5-6-8-15(14)20-4/h5-8,13,19H,9-11H2,1-4H3. The molecule has 0 spiro atoms. The van der Waals surface area contributed by atoms with Crippen molar-refractivity contribution in [3.8, 4) is 11.8 Å². The molecule has 1 aromatic rings. The summed E-state index contributed by atoms with van der Waals surface area (Å²) >= 11 is 0. The van der Waals surface area contributed by atoms with Crippen molar-refractivity contribution >= 4 is 5.69 Å². The maximum atomic E-state index is 9.75. The minimum Gasteiger partial charge on any atom is -0.495 e. The van der Waals surface area contributed by atoms with Crippen LogP contribution in [-0.4, -0.2) is 12.6 Å². The smallest absolute Gasteiger partial charge is 0.141 e. The number of nitrogens with zero attached hydrogens (tertiary/aromatic N) is 1. The number of nitrogens with one attached hydrogen (secondary N) is 1. The van der Waals surface area contributed by atoms with Gasteiger partial charge in [-0.3, -0.25) is 0 Å². The molecule has 0 saturated heterocycles. The van der Waals surface area contributed by atoms with E-state index in [4.69, 9.17) is 4.74 Å². The Morgan fingerprint density at radius 1 is 1.30 bits per heavy atom. The number of methoxy groups -OCH3 is 1. The molecule has 1 saturated carbocycles. The normalized spacial score (nSPS) is 28.4. The summed E-state index contributed by atoms with van der Waals surface area (Å²) in [5.41, 5.74) is 0.731.